The average Bonchev–Trinajstić information content (AvgIpc) is 2.76. The summed E-state index contributed by atoms with van der Waals surface area (Å²) in [4.78, 5) is 5.23. The Hall–Kier alpha value is -1.26. The molecule has 0 unspecified atom stereocenters. The van der Waals surface area contributed by atoms with E-state index < -0.39 is 0 Å². The van der Waals surface area contributed by atoms with Gasteiger partial charge in [-0.15, -0.1) is 0 Å². The molecule has 3 aliphatic rings. The first-order valence-corrected chi connectivity index (χ1v) is 8.54. The maximum Gasteiger partial charge on any atom is 0.161 e. The van der Waals surface area contributed by atoms with E-state index >= 15 is 0 Å². The van der Waals surface area contributed by atoms with E-state index in [0.29, 0.717) is 13.2 Å². The van der Waals surface area contributed by atoms with Crippen molar-refractivity contribution < 1.29 is 9.47 Å². The molecule has 0 aliphatic carbocycles. The van der Waals surface area contributed by atoms with Crippen LogP contribution in [0.5, 0.6) is 11.5 Å². The number of hydrogen-bond acceptors (Lipinski definition) is 4. The lowest BCUT2D eigenvalue weighted by molar-refractivity contribution is 0.170. The van der Waals surface area contributed by atoms with Crippen molar-refractivity contribution in [2.45, 2.75) is 44.8 Å². The lowest BCUT2D eigenvalue weighted by Crippen LogP contribution is -2.36. The highest BCUT2D eigenvalue weighted by molar-refractivity contribution is 5.47. The summed E-state index contributed by atoms with van der Waals surface area (Å²) in [5.74, 6) is 1.82. The molecule has 0 saturated carbocycles. The summed E-state index contributed by atoms with van der Waals surface area (Å²) in [6.45, 7) is 6.94. The third kappa shape index (κ3) is 2.59. The van der Waals surface area contributed by atoms with Gasteiger partial charge < -0.3 is 9.47 Å². The van der Waals surface area contributed by atoms with Gasteiger partial charge in [0.25, 0.3) is 0 Å². The van der Waals surface area contributed by atoms with E-state index in [4.69, 9.17) is 9.47 Å². The monoisotopic (exact) mass is 302 g/mol. The van der Waals surface area contributed by atoms with Crippen molar-refractivity contribution in [3.8, 4) is 11.5 Å². The molecule has 3 aliphatic heterocycles. The highest BCUT2D eigenvalue weighted by Gasteiger charge is 2.34. The fourth-order valence-electron chi connectivity index (χ4n) is 4.17. The van der Waals surface area contributed by atoms with Gasteiger partial charge >= 0.3 is 0 Å². The van der Waals surface area contributed by atoms with Gasteiger partial charge in [-0.05, 0) is 56.5 Å². The minimum absolute atomic E-state index is 0.660. The molecule has 4 nitrogen and oxygen atoms in total. The maximum atomic E-state index is 5.75. The van der Waals surface area contributed by atoms with E-state index in [1.54, 1.807) is 0 Å². The Kier molecular flexibility index (Phi) is 3.74. The zero-order valence-corrected chi connectivity index (χ0v) is 13.7. The third-order valence-corrected chi connectivity index (χ3v) is 5.63. The van der Waals surface area contributed by atoms with Gasteiger partial charge in [-0.2, -0.15) is 0 Å². The highest BCUT2D eigenvalue weighted by atomic mass is 16.6. The number of fused-ring (bicyclic) bond motifs is 3. The molecule has 4 rings (SSSR count). The van der Waals surface area contributed by atoms with E-state index in [0.717, 1.165) is 30.1 Å². The standard InChI is InChI=1S/C18H26N2O2/c1-13-9-17-18(22-8-7-21-17)10-14(13)11-20-6-5-15-3-4-16(12-20)19(15)2/h9-10,15-16H,3-8,11-12H2,1-2H3/t15-,16+/m0/s1. The molecule has 2 bridgehead atoms. The molecule has 22 heavy (non-hydrogen) atoms. The molecule has 0 radical (unpaired) electrons. The van der Waals surface area contributed by atoms with Crippen LogP contribution in [0.15, 0.2) is 12.1 Å². The Morgan fingerprint density at radius 1 is 1.05 bits per heavy atom. The van der Waals surface area contributed by atoms with Crippen LogP contribution >= 0.6 is 0 Å². The summed E-state index contributed by atoms with van der Waals surface area (Å²) in [6, 6.07) is 5.87. The van der Waals surface area contributed by atoms with Crippen LogP contribution in [0.2, 0.25) is 0 Å². The number of likely N-dealkylation sites (N-methyl/N-ethyl adjacent to an activating group) is 1. The molecule has 120 valence electrons. The number of hydrogen-bond donors (Lipinski definition) is 0. The third-order valence-electron chi connectivity index (χ3n) is 5.63. The van der Waals surface area contributed by atoms with Crippen molar-refractivity contribution >= 4 is 0 Å². The summed E-state index contributed by atoms with van der Waals surface area (Å²) in [6.07, 6.45) is 4.05. The van der Waals surface area contributed by atoms with Crippen LogP contribution in [0.1, 0.15) is 30.4 Å². The second-order valence-corrected chi connectivity index (χ2v) is 7.00. The van der Waals surface area contributed by atoms with Crippen LogP contribution in [-0.4, -0.2) is 55.2 Å². The predicted octanol–water partition coefficient (Wildman–Crippen LogP) is 2.43. The van der Waals surface area contributed by atoms with Crippen molar-refractivity contribution in [2.75, 3.05) is 33.4 Å². The first-order chi connectivity index (χ1) is 10.7. The number of aryl methyl sites for hydroxylation is 1. The highest BCUT2D eigenvalue weighted by Crippen LogP contribution is 2.34. The van der Waals surface area contributed by atoms with E-state index in [9.17, 15) is 0 Å². The SMILES string of the molecule is Cc1cc2c(cc1CN1CC[C@@H]3CC[C@H](C1)N3C)OCCO2. The topological polar surface area (TPSA) is 24.9 Å². The number of nitrogens with zero attached hydrogens (tertiary/aromatic N) is 2. The van der Waals surface area contributed by atoms with Crippen LogP contribution in [0.25, 0.3) is 0 Å². The number of rotatable bonds is 2. The Morgan fingerprint density at radius 3 is 2.59 bits per heavy atom. The lowest BCUT2D eigenvalue weighted by atomic mass is 10.0. The fourth-order valence-corrected chi connectivity index (χ4v) is 4.17. The van der Waals surface area contributed by atoms with E-state index in [-0.39, 0.29) is 0 Å². The van der Waals surface area contributed by atoms with Crippen LogP contribution in [-0.2, 0) is 6.54 Å². The summed E-state index contributed by atoms with van der Waals surface area (Å²) >= 11 is 0. The van der Waals surface area contributed by atoms with Crippen LogP contribution in [0.4, 0.5) is 0 Å². The molecule has 2 fully saturated rings. The molecule has 1 aromatic carbocycles. The normalized spacial score (nSPS) is 28.6. The van der Waals surface area contributed by atoms with Crippen molar-refractivity contribution in [1.29, 1.82) is 0 Å². The van der Waals surface area contributed by atoms with Gasteiger partial charge in [-0.25, -0.2) is 0 Å². The average molecular weight is 302 g/mol. The maximum absolute atomic E-state index is 5.75. The Bertz CT molecular complexity index is 560. The van der Waals surface area contributed by atoms with Gasteiger partial charge in [-0.3, -0.25) is 9.80 Å². The summed E-state index contributed by atoms with van der Waals surface area (Å²) in [5.41, 5.74) is 2.69. The molecule has 4 heteroatoms. The van der Waals surface area contributed by atoms with Crippen molar-refractivity contribution in [1.82, 2.24) is 9.80 Å². The molecule has 0 spiro atoms. The summed E-state index contributed by atoms with van der Waals surface area (Å²) in [7, 11) is 2.31. The Morgan fingerprint density at radius 2 is 1.77 bits per heavy atom. The van der Waals surface area contributed by atoms with Gasteiger partial charge in [-0.1, -0.05) is 0 Å². The molecule has 2 atom stereocenters. The second kappa shape index (κ2) is 5.74. The van der Waals surface area contributed by atoms with Crippen LogP contribution in [0.3, 0.4) is 0 Å². The van der Waals surface area contributed by atoms with Gasteiger partial charge in [0, 0.05) is 31.7 Å². The molecular weight excluding hydrogens is 276 g/mol. The van der Waals surface area contributed by atoms with E-state index in [1.807, 2.05) is 0 Å². The molecule has 3 heterocycles. The van der Waals surface area contributed by atoms with Gasteiger partial charge in [0.1, 0.15) is 13.2 Å². The van der Waals surface area contributed by atoms with Gasteiger partial charge in [0.2, 0.25) is 0 Å². The first kappa shape index (κ1) is 14.3. The Labute approximate surface area is 133 Å². The molecule has 0 aromatic heterocycles. The molecular formula is C18H26N2O2. The minimum atomic E-state index is 0.660. The first-order valence-electron chi connectivity index (χ1n) is 8.54. The quantitative estimate of drug-likeness (QED) is 0.838. The van der Waals surface area contributed by atoms with Crippen molar-refractivity contribution in [3.63, 3.8) is 0 Å². The van der Waals surface area contributed by atoms with Crippen molar-refractivity contribution in [2.24, 2.45) is 0 Å². The fraction of sp³-hybridized carbons (Fsp3) is 0.667. The summed E-state index contributed by atoms with van der Waals surface area (Å²) in [5, 5.41) is 0. The minimum Gasteiger partial charge on any atom is -0.486 e. The van der Waals surface area contributed by atoms with E-state index in [2.05, 4.69) is 35.9 Å². The van der Waals surface area contributed by atoms with E-state index in [1.165, 1.54) is 43.5 Å². The largest absolute Gasteiger partial charge is 0.486 e. The van der Waals surface area contributed by atoms with Crippen LogP contribution < -0.4 is 9.47 Å². The molecule has 2 saturated heterocycles. The molecule has 1 aromatic rings. The van der Waals surface area contributed by atoms with Crippen LogP contribution in [0, 0.1) is 6.92 Å². The lowest BCUT2D eigenvalue weighted by Gasteiger charge is -2.27. The summed E-state index contributed by atoms with van der Waals surface area (Å²) < 4.78 is 11.4. The zero-order valence-electron chi connectivity index (χ0n) is 13.7. The number of likely N-dealkylation sites (tertiary alicyclic amines) is 1. The molecule has 0 amide bonds. The Balaban J connectivity index is 1.51. The zero-order chi connectivity index (χ0) is 15.1. The molecule has 0 N–H and O–H groups in total. The predicted molar refractivity (Wildman–Crippen MR) is 86.6 cm³/mol. The van der Waals surface area contributed by atoms with Gasteiger partial charge in [0.05, 0.1) is 0 Å². The number of benzene rings is 1. The van der Waals surface area contributed by atoms with Gasteiger partial charge in [0.15, 0.2) is 11.5 Å². The van der Waals surface area contributed by atoms with Crippen molar-refractivity contribution in [3.05, 3.63) is 23.3 Å². The smallest absolute Gasteiger partial charge is 0.161 e. The number of ether oxygens (including phenoxy) is 2. The second-order valence-electron chi connectivity index (χ2n) is 7.00.